The smallest absolute Gasteiger partial charge is 0.387 e. The van der Waals surface area contributed by atoms with Crippen LogP contribution in [0.3, 0.4) is 0 Å². The summed E-state index contributed by atoms with van der Waals surface area (Å²) >= 11 is 0. The van der Waals surface area contributed by atoms with E-state index in [9.17, 15) is 13.6 Å². The van der Waals surface area contributed by atoms with Gasteiger partial charge in [0, 0.05) is 5.56 Å². The summed E-state index contributed by atoms with van der Waals surface area (Å²) < 4.78 is 29.4. The molecule has 0 bridgehead atoms. The van der Waals surface area contributed by atoms with Crippen molar-refractivity contribution in [2.45, 2.75) is 38.8 Å². The molecule has 23 heavy (non-hydrogen) atoms. The minimum absolute atomic E-state index is 0. The zero-order chi connectivity index (χ0) is 15.9. The SMILES string of the molecule is CCC(NC(=O)CNCC1CC1)c1ccccc1OC(F)F.Cl. The highest BCUT2D eigenvalue weighted by atomic mass is 35.5. The van der Waals surface area contributed by atoms with Crippen molar-refractivity contribution in [2.75, 3.05) is 13.1 Å². The fraction of sp³-hybridized carbons (Fsp3) is 0.562. The van der Waals surface area contributed by atoms with Gasteiger partial charge < -0.3 is 15.4 Å². The van der Waals surface area contributed by atoms with Crippen molar-refractivity contribution in [3.05, 3.63) is 29.8 Å². The number of alkyl halides is 2. The second-order valence-electron chi connectivity index (χ2n) is 5.52. The van der Waals surface area contributed by atoms with Crippen LogP contribution in [0.2, 0.25) is 0 Å². The zero-order valence-electron chi connectivity index (χ0n) is 13.1. The summed E-state index contributed by atoms with van der Waals surface area (Å²) in [6, 6.07) is 6.22. The van der Waals surface area contributed by atoms with E-state index in [0.29, 0.717) is 17.9 Å². The van der Waals surface area contributed by atoms with Gasteiger partial charge in [0.15, 0.2) is 0 Å². The molecule has 0 spiro atoms. The van der Waals surface area contributed by atoms with Gasteiger partial charge >= 0.3 is 6.61 Å². The average Bonchev–Trinajstić information content (AvgIpc) is 3.29. The van der Waals surface area contributed by atoms with E-state index in [1.165, 1.54) is 18.9 Å². The average molecular weight is 349 g/mol. The molecule has 2 N–H and O–H groups in total. The largest absolute Gasteiger partial charge is 0.434 e. The van der Waals surface area contributed by atoms with E-state index < -0.39 is 6.61 Å². The summed E-state index contributed by atoms with van der Waals surface area (Å²) in [7, 11) is 0. The predicted octanol–water partition coefficient (Wildman–Crippen LogP) is 3.28. The molecule has 1 unspecified atom stereocenters. The third-order valence-corrected chi connectivity index (χ3v) is 3.67. The van der Waals surface area contributed by atoms with E-state index in [1.54, 1.807) is 18.2 Å². The molecule has 1 atom stereocenters. The van der Waals surface area contributed by atoms with Gasteiger partial charge in [-0.25, -0.2) is 0 Å². The molecule has 2 rings (SSSR count). The summed E-state index contributed by atoms with van der Waals surface area (Å²) in [4.78, 5) is 12.0. The van der Waals surface area contributed by atoms with Gasteiger partial charge in [-0.05, 0) is 37.8 Å². The van der Waals surface area contributed by atoms with Crippen molar-refractivity contribution in [2.24, 2.45) is 5.92 Å². The quantitative estimate of drug-likeness (QED) is 0.720. The van der Waals surface area contributed by atoms with E-state index in [1.807, 2.05) is 6.92 Å². The molecular weight excluding hydrogens is 326 g/mol. The van der Waals surface area contributed by atoms with Gasteiger partial charge in [0.05, 0.1) is 12.6 Å². The molecule has 1 saturated carbocycles. The van der Waals surface area contributed by atoms with Crippen molar-refractivity contribution in [1.29, 1.82) is 0 Å². The molecule has 0 radical (unpaired) electrons. The molecule has 1 aromatic carbocycles. The number of carbonyl (C=O) groups excluding carboxylic acids is 1. The Morgan fingerprint density at radius 2 is 2.04 bits per heavy atom. The molecule has 7 heteroatoms. The van der Waals surface area contributed by atoms with Crippen molar-refractivity contribution in [1.82, 2.24) is 10.6 Å². The lowest BCUT2D eigenvalue weighted by atomic mass is 10.0. The Morgan fingerprint density at radius 1 is 1.35 bits per heavy atom. The molecule has 130 valence electrons. The summed E-state index contributed by atoms with van der Waals surface area (Å²) in [6.45, 7) is 0.108. The number of carbonyl (C=O) groups is 1. The highest BCUT2D eigenvalue weighted by Crippen LogP contribution is 2.28. The van der Waals surface area contributed by atoms with E-state index in [2.05, 4.69) is 15.4 Å². The fourth-order valence-electron chi connectivity index (χ4n) is 2.33. The molecule has 0 aromatic heterocycles. The van der Waals surface area contributed by atoms with Crippen LogP contribution >= 0.6 is 12.4 Å². The molecule has 0 saturated heterocycles. The van der Waals surface area contributed by atoms with E-state index in [4.69, 9.17) is 0 Å². The Bertz CT molecular complexity index is 499. The standard InChI is InChI=1S/C16H22F2N2O2.ClH/c1-2-13(20-15(21)10-19-9-11-7-8-11)12-5-3-4-6-14(12)22-16(17)18;/h3-6,11,13,16,19H,2,7-10H2,1H3,(H,20,21);1H. The van der Waals surface area contributed by atoms with Crippen LogP contribution in [0.4, 0.5) is 8.78 Å². The van der Waals surface area contributed by atoms with Crippen LogP contribution in [-0.2, 0) is 4.79 Å². The summed E-state index contributed by atoms with van der Waals surface area (Å²) in [5, 5.41) is 5.98. The first-order valence-electron chi connectivity index (χ1n) is 7.64. The first-order valence-corrected chi connectivity index (χ1v) is 7.64. The second-order valence-corrected chi connectivity index (χ2v) is 5.52. The van der Waals surface area contributed by atoms with E-state index in [-0.39, 0.29) is 36.7 Å². The van der Waals surface area contributed by atoms with Crippen LogP contribution in [0.15, 0.2) is 24.3 Å². The number of hydrogen-bond acceptors (Lipinski definition) is 3. The van der Waals surface area contributed by atoms with Crippen LogP contribution in [0.25, 0.3) is 0 Å². The number of benzene rings is 1. The molecule has 1 fully saturated rings. The number of hydrogen-bond donors (Lipinski definition) is 2. The predicted molar refractivity (Wildman–Crippen MR) is 87.1 cm³/mol. The van der Waals surface area contributed by atoms with Crippen molar-refractivity contribution < 1.29 is 18.3 Å². The minimum Gasteiger partial charge on any atom is -0.434 e. The van der Waals surface area contributed by atoms with E-state index >= 15 is 0 Å². The van der Waals surface area contributed by atoms with Gasteiger partial charge in [0.2, 0.25) is 5.91 Å². The first-order chi connectivity index (χ1) is 10.6. The van der Waals surface area contributed by atoms with Crippen LogP contribution in [0.5, 0.6) is 5.75 Å². The molecular formula is C16H23ClF2N2O2. The van der Waals surface area contributed by atoms with Crippen LogP contribution in [0.1, 0.15) is 37.8 Å². The van der Waals surface area contributed by atoms with Gasteiger partial charge in [-0.3, -0.25) is 4.79 Å². The lowest BCUT2D eigenvalue weighted by Gasteiger charge is -2.20. The third-order valence-electron chi connectivity index (χ3n) is 3.67. The van der Waals surface area contributed by atoms with Gasteiger partial charge in [-0.2, -0.15) is 8.78 Å². The lowest BCUT2D eigenvalue weighted by molar-refractivity contribution is -0.121. The molecule has 4 nitrogen and oxygen atoms in total. The molecule has 1 aliphatic carbocycles. The Labute approximate surface area is 141 Å². The maximum absolute atomic E-state index is 12.5. The molecule has 0 heterocycles. The van der Waals surface area contributed by atoms with Gasteiger partial charge in [-0.15, -0.1) is 12.4 Å². The van der Waals surface area contributed by atoms with Crippen LogP contribution in [0, 0.1) is 5.92 Å². The minimum atomic E-state index is -2.88. The summed E-state index contributed by atoms with van der Waals surface area (Å²) in [5.41, 5.74) is 0.570. The molecule has 1 amide bonds. The highest BCUT2D eigenvalue weighted by molar-refractivity contribution is 5.85. The Balaban J connectivity index is 0.00000264. The van der Waals surface area contributed by atoms with Crippen molar-refractivity contribution >= 4 is 18.3 Å². The number of rotatable bonds is 9. The molecule has 1 aliphatic rings. The van der Waals surface area contributed by atoms with Crippen molar-refractivity contribution in [3.8, 4) is 5.75 Å². The lowest BCUT2D eigenvalue weighted by Crippen LogP contribution is -2.37. The number of amides is 1. The Kier molecular flexibility index (Phi) is 8.26. The molecule has 0 aliphatic heterocycles. The number of para-hydroxylation sites is 1. The maximum Gasteiger partial charge on any atom is 0.387 e. The monoisotopic (exact) mass is 348 g/mol. The first kappa shape index (κ1) is 19.6. The van der Waals surface area contributed by atoms with Crippen LogP contribution < -0.4 is 15.4 Å². The van der Waals surface area contributed by atoms with E-state index in [0.717, 1.165) is 6.54 Å². The van der Waals surface area contributed by atoms with Crippen molar-refractivity contribution in [3.63, 3.8) is 0 Å². The van der Waals surface area contributed by atoms with Gasteiger partial charge in [0.25, 0.3) is 0 Å². The number of halogens is 3. The summed E-state index contributed by atoms with van der Waals surface area (Å²) in [5.74, 6) is 0.671. The highest BCUT2D eigenvalue weighted by Gasteiger charge is 2.21. The molecule has 1 aromatic rings. The Hall–Kier alpha value is -1.40. The van der Waals surface area contributed by atoms with Crippen LogP contribution in [-0.4, -0.2) is 25.6 Å². The number of nitrogens with one attached hydrogen (secondary N) is 2. The zero-order valence-corrected chi connectivity index (χ0v) is 13.9. The van der Waals surface area contributed by atoms with Gasteiger partial charge in [0.1, 0.15) is 5.75 Å². The fourth-order valence-corrected chi connectivity index (χ4v) is 2.33. The normalized spacial score (nSPS) is 15.0. The second kappa shape index (κ2) is 9.67. The third kappa shape index (κ3) is 6.71. The number of ether oxygens (including phenoxy) is 1. The summed E-state index contributed by atoms with van der Waals surface area (Å²) in [6.07, 6.45) is 3.05. The van der Waals surface area contributed by atoms with Gasteiger partial charge in [-0.1, -0.05) is 25.1 Å². The Morgan fingerprint density at radius 3 is 2.65 bits per heavy atom. The maximum atomic E-state index is 12.5. The topological polar surface area (TPSA) is 50.4 Å².